The number of hydrogen-bond acceptors (Lipinski definition) is 2. The van der Waals surface area contributed by atoms with Crippen molar-refractivity contribution in [1.29, 1.82) is 0 Å². The number of hydrogen-bond donors (Lipinski definition) is 2. The van der Waals surface area contributed by atoms with Crippen molar-refractivity contribution < 1.29 is 4.79 Å². The van der Waals surface area contributed by atoms with E-state index in [0.717, 1.165) is 11.4 Å². The van der Waals surface area contributed by atoms with Crippen molar-refractivity contribution >= 4 is 23.1 Å². The zero-order valence-corrected chi connectivity index (χ0v) is 10.1. The Kier molecular flexibility index (Phi) is 3.48. The van der Waals surface area contributed by atoms with Crippen LogP contribution < -0.4 is 16.0 Å². The molecule has 4 nitrogen and oxygen atoms in total. The van der Waals surface area contributed by atoms with Gasteiger partial charge in [-0.3, -0.25) is 4.90 Å². The molecule has 2 aromatic rings. The highest BCUT2D eigenvalue weighted by molar-refractivity contribution is 5.99. The third kappa shape index (κ3) is 2.43. The third-order valence-corrected chi connectivity index (χ3v) is 2.58. The van der Waals surface area contributed by atoms with Crippen LogP contribution in [0.1, 0.15) is 0 Å². The summed E-state index contributed by atoms with van der Waals surface area (Å²) in [4.78, 5) is 13.6. The average molecular weight is 241 g/mol. The number of carbonyl (C=O) groups is 1. The first kappa shape index (κ1) is 12.0. The molecule has 3 N–H and O–H groups in total. The van der Waals surface area contributed by atoms with E-state index in [9.17, 15) is 4.79 Å². The molecule has 0 unspecified atom stereocenters. The smallest absolute Gasteiger partial charge is 0.326 e. The van der Waals surface area contributed by atoms with Gasteiger partial charge in [0.05, 0.1) is 11.4 Å². The highest BCUT2D eigenvalue weighted by Crippen LogP contribution is 2.25. The normalized spacial score (nSPS) is 9.83. The molecule has 2 rings (SSSR count). The topological polar surface area (TPSA) is 58.4 Å². The molecule has 0 saturated carbocycles. The molecule has 2 aromatic carbocycles. The van der Waals surface area contributed by atoms with E-state index < -0.39 is 0 Å². The maximum absolute atomic E-state index is 12.0. The molecule has 2 amide bonds. The minimum Gasteiger partial charge on any atom is -0.399 e. The van der Waals surface area contributed by atoms with Crippen LogP contribution in [-0.2, 0) is 0 Å². The molecule has 0 aliphatic carbocycles. The molecule has 0 heterocycles. The molecule has 0 aliphatic rings. The van der Waals surface area contributed by atoms with E-state index in [-0.39, 0.29) is 6.03 Å². The number of urea groups is 1. The molecule has 0 bridgehead atoms. The Morgan fingerprint density at radius 3 is 2.11 bits per heavy atom. The molecule has 18 heavy (non-hydrogen) atoms. The van der Waals surface area contributed by atoms with Crippen LogP contribution in [-0.4, -0.2) is 13.1 Å². The Morgan fingerprint density at radius 1 is 1.00 bits per heavy atom. The van der Waals surface area contributed by atoms with Crippen molar-refractivity contribution in [3.8, 4) is 0 Å². The minimum absolute atomic E-state index is 0.189. The Bertz CT molecular complexity index is 522. The van der Waals surface area contributed by atoms with Crippen molar-refractivity contribution in [2.24, 2.45) is 0 Å². The second-order valence-electron chi connectivity index (χ2n) is 3.82. The standard InChI is InChI=1S/C14H15N3O/c1-16-14(18)17(12-5-3-2-4-6-12)13-9-7-11(15)8-10-13/h2-10H,15H2,1H3,(H,16,18). The van der Waals surface area contributed by atoms with E-state index in [1.807, 2.05) is 42.5 Å². The Labute approximate surface area is 106 Å². The fourth-order valence-electron chi connectivity index (χ4n) is 1.70. The number of carbonyl (C=O) groups excluding carboxylic acids is 1. The fraction of sp³-hybridized carbons (Fsp3) is 0.0714. The number of nitrogen functional groups attached to an aromatic ring is 1. The molecule has 0 radical (unpaired) electrons. The van der Waals surface area contributed by atoms with E-state index in [1.165, 1.54) is 0 Å². The van der Waals surface area contributed by atoms with Crippen LogP contribution in [0.3, 0.4) is 0 Å². The van der Waals surface area contributed by atoms with Crippen LogP contribution in [0.25, 0.3) is 0 Å². The number of nitrogens with two attached hydrogens (primary N) is 1. The van der Waals surface area contributed by atoms with Crippen LogP contribution in [0, 0.1) is 0 Å². The molecule has 4 heteroatoms. The Balaban J connectivity index is 2.43. The number of nitrogens with zero attached hydrogens (tertiary/aromatic N) is 1. The SMILES string of the molecule is CNC(=O)N(c1ccccc1)c1ccc(N)cc1. The molecule has 0 spiro atoms. The molecule has 0 fully saturated rings. The first-order valence-corrected chi connectivity index (χ1v) is 5.65. The van der Waals surface area contributed by atoms with Crippen LogP contribution in [0.15, 0.2) is 54.6 Å². The quantitative estimate of drug-likeness (QED) is 0.794. The van der Waals surface area contributed by atoms with Gasteiger partial charge in [0.1, 0.15) is 0 Å². The average Bonchev–Trinajstić information content (AvgIpc) is 2.42. The molecular formula is C14H15N3O. The summed E-state index contributed by atoms with van der Waals surface area (Å²) in [6.45, 7) is 0. The number of amides is 2. The fourth-order valence-corrected chi connectivity index (χ4v) is 1.70. The van der Waals surface area contributed by atoms with Gasteiger partial charge in [0.15, 0.2) is 0 Å². The van der Waals surface area contributed by atoms with Crippen LogP contribution >= 0.6 is 0 Å². The number of para-hydroxylation sites is 1. The summed E-state index contributed by atoms with van der Waals surface area (Å²) in [7, 11) is 1.61. The molecule has 92 valence electrons. The summed E-state index contributed by atoms with van der Waals surface area (Å²) < 4.78 is 0. The van der Waals surface area contributed by atoms with Gasteiger partial charge in [-0.25, -0.2) is 4.79 Å². The number of benzene rings is 2. The van der Waals surface area contributed by atoms with E-state index in [2.05, 4.69) is 5.32 Å². The molecular weight excluding hydrogens is 226 g/mol. The van der Waals surface area contributed by atoms with Gasteiger partial charge in [0.25, 0.3) is 0 Å². The van der Waals surface area contributed by atoms with Crippen LogP contribution in [0.4, 0.5) is 21.9 Å². The minimum atomic E-state index is -0.189. The number of anilines is 3. The maximum Gasteiger partial charge on any atom is 0.326 e. The van der Waals surface area contributed by atoms with E-state index in [0.29, 0.717) is 5.69 Å². The highest BCUT2D eigenvalue weighted by Gasteiger charge is 2.15. The van der Waals surface area contributed by atoms with Gasteiger partial charge in [-0.1, -0.05) is 18.2 Å². The van der Waals surface area contributed by atoms with Crippen LogP contribution in [0.5, 0.6) is 0 Å². The van der Waals surface area contributed by atoms with Gasteiger partial charge in [-0.2, -0.15) is 0 Å². The second kappa shape index (κ2) is 5.23. The van der Waals surface area contributed by atoms with Gasteiger partial charge in [-0.05, 0) is 36.4 Å². The summed E-state index contributed by atoms with van der Waals surface area (Å²) in [5, 5.41) is 2.63. The van der Waals surface area contributed by atoms with E-state index >= 15 is 0 Å². The van der Waals surface area contributed by atoms with E-state index in [4.69, 9.17) is 5.73 Å². The van der Waals surface area contributed by atoms with Gasteiger partial charge in [0.2, 0.25) is 0 Å². The largest absolute Gasteiger partial charge is 0.399 e. The monoisotopic (exact) mass is 241 g/mol. The molecule has 0 aromatic heterocycles. The lowest BCUT2D eigenvalue weighted by Crippen LogP contribution is -2.34. The van der Waals surface area contributed by atoms with Crippen molar-refractivity contribution in [3.05, 3.63) is 54.6 Å². The van der Waals surface area contributed by atoms with Gasteiger partial charge in [-0.15, -0.1) is 0 Å². The van der Waals surface area contributed by atoms with Crippen molar-refractivity contribution in [2.75, 3.05) is 17.7 Å². The summed E-state index contributed by atoms with van der Waals surface area (Å²) >= 11 is 0. The van der Waals surface area contributed by atoms with E-state index in [1.54, 1.807) is 24.1 Å². The highest BCUT2D eigenvalue weighted by atomic mass is 16.2. The third-order valence-electron chi connectivity index (χ3n) is 2.58. The summed E-state index contributed by atoms with van der Waals surface area (Å²) in [6.07, 6.45) is 0. The molecule has 0 atom stereocenters. The maximum atomic E-state index is 12.0. The van der Waals surface area contributed by atoms with Crippen LogP contribution in [0.2, 0.25) is 0 Å². The zero-order valence-electron chi connectivity index (χ0n) is 10.1. The summed E-state index contributed by atoms with van der Waals surface area (Å²) in [5.74, 6) is 0. The van der Waals surface area contributed by atoms with Crippen molar-refractivity contribution in [1.82, 2.24) is 5.32 Å². The zero-order chi connectivity index (χ0) is 13.0. The Morgan fingerprint density at radius 2 is 1.56 bits per heavy atom. The Hall–Kier alpha value is -2.49. The van der Waals surface area contributed by atoms with Gasteiger partial charge < -0.3 is 11.1 Å². The lowest BCUT2D eigenvalue weighted by molar-refractivity contribution is 0.250. The number of nitrogens with one attached hydrogen (secondary N) is 1. The first-order chi connectivity index (χ1) is 8.72. The predicted molar refractivity (Wildman–Crippen MR) is 73.9 cm³/mol. The number of rotatable bonds is 2. The molecule has 0 saturated heterocycles. The second-order valence-corrected chi connectivity index (χ2v) is 3.82. The lowest BCUT2D eigenvalue weighted by Gasteiger charge is -2.22. The van der Waals surface area contributed by atoms with Crippen molar-refractivity contribution in [2.45, 2.75) is 0 Å². The van der Waals surface area contributed by atoms with Crippen molar-refractivity contribution in [3.63, 3.8) is 0 Å². The van der Waals surface area contributed by atoms with Gasteiger partial charge in [0, 0.05) is 12.7 Å². The lowest BCUT2D eigenvalue weighted by atomic mass is 10.2. The summed E-state index contributed by atoms with van der Waals surface area (Å²) in [5.41, 5.74) is 7.91. The molecule has 0 aliphatic heterocycles. The predicted octanol–water partition coefficient (Wildman–Crippen LogP) is 2.75. The first-order valence-electron chi connectivity index (χ1n) is 5.65. The van der Waals surface area contributed by atoms with Gasteiger partial charge >= 0.3 is 6.03 Å². The summed E-state index contributed by atoms with van der Waals surface area (Å²) in [6, 6.07) is 16.4.